The van der Waals surface area contributed by atoms with E-state index in [1.807, 2.05) is 62.1 Å². The van der Waals surface area contributed by atoms with E-state index in [0.29, 0.717) is 18.1 Å². The van der Waals surface area contributed by atoms with Gasteiger partial charge >= 0.3 is 12.1 Å². The van der Waals surface area contributed by atoms with Crippen molar-refractivity contribution in [2.45, 2.75) is 51.7 Å². The van der Waals surface area contributed by atoms with Crippen LogP contribution in [0.4, 0.5) is 22.0 Å². The Morgan fingerprint density at radius 3 is 2.48 bits per heavy atom. The Balaban J connectivity index is 1.51. The molecule has 0 spiro atoms. The van der Waals surface area contributed by atoms with Crippen LogP contribution < -0.4 is 20.7 Å². The molecule has 0 radical (unpaired) electrons. The Bertz CT molecular complexity index is 1410. The van der Waals surface area contributed by atoms with Gasteiger partial charge in [0.2, 0.25) is 0 Å². The number of carbonyl (C=O) groups is 2. The fraction of sp³-hybridized carbons (Fsp3) is 0.448. The number of nitrogens with zero attached hydrogens (tertiary/aromatic N) is 5. The summed E-state index contributed by atoms with van der Waals surface area (Å²) in [6.45, 7) is 7.79. The SMILES string of the molecule is Cc1cccc2cccc(NC(=O)c3nc(OCC4CCCN4C)nc(N4[C@@H](C)CN(C(=O)O)C[C@@H]4C)c3N)c12. The molecule has 2 aliphatic rings. The molecule has 3 heterocycles. The molecule has 212 valence electrons. The van der Waals surface area contributed by atoms with Gasteiger partial charge in [-0.05, 0) is 64.2 Å². The third kappa shape index (κ3) is 5.33. The highest BCUT2D eigenvalue weighted by atomic mass is 16.5. The molecule has 5 rings (SSSR count). The molecule has 2 saturated heterocycles. The number of amides is 2. The molecule has 0 bridgehead atoms. The van der Waals surface area contributed by atoms with Crippen LogP contribution in [0.5, 0.6) is 6.01 Å². The van der Waals surface area contributed by atoms with Crippen LogP contribution in [0, 0.1) is 6.92 Å². The summed E-state index contributed by atoms with van der Waals surface area (Å²) >= 11 is 0. The van der Waals surface area contributed by atoms with Gasteiger partial charge in [0.25, 0.3) is 5.91 Å². The third-order valence-corrected chi connectivity index (χ3v) is 7.99. The van der Waals surface area contributed by atoms with E-state index >= 15 is 0 Å². The predicted octanol–water partition coefficient (Wildman–Crippen LogP) is 3.82. The molecule has 40 heavy (non-hydrogen) atoms. The van der Waals surface area contributed by atoms with Crippen molar-refractivity contribution in [1.82, 2.24) is 19.8 Å². The maximum absolute atomic E-state index is 13.7. The summed E-state index contributed by atoms with van der Waals surface area (Å²) in [5.74, 6) is -0.0988. The number of nitrogen functional groups attached to an aromatic ring is 1. The second-order valence-corrected chi connectivity index (χ2v) is 10.9. The molecular formula is C29H37N7O4. The highest BCUT2D eigenvalue weighted by Gasteiger charge is 2.35. The lowest BCUT2D eigenvalue weighted by molar-refractivity contribution is 0.102. The lowest BCUT2D eigenvalue weighted by Crippen LogP contribution is -2.58. The maximum atomic E-state index is 13.7. The molecule has 11 heteroatoms. The number of ether oxygens (including phenoxy) is 1. The van der Waals surface area contributed by atoms with Crippen molar-refractivity contribution in [2.24, 2.45) is 0 Å². The van der Waals surface area contributed by atoms with Gasteiger partial charge in [-0.1, -0.05) is 30.3 Å². The average Bonchev–Trinajstić information content (AvgIpc) is 3.32. The first-order valence-corrected chi connectivity index (χ1v) is 13.7. The van der Waals surface area contributed by atoms with E-state index in [2.05, 4.69) is 27.2 Å². The fourth-order valence-electron chi connectivity index (χ4n) is 5.94. The minimum absolute atomic E-state index is 0.0189. The van der Waals surface area contributed by atoms with Gasteiger partial charge in [0.05, 0.1) is 0 Å². The first-order valence-electron chi connectivity index (χ1n) is 13.7. The summed E-state index contributed by atoms with van der Waals surface area (Å²) < 4.78 is 6.08. The van der Waals surface area contributed by atoms with Crippen molar-refractivity contribution < 1.29 is 19.4 Å². The van der Waals surface area contributed by atoms with Gasteiger partial charge in [-0.15, -0.1) is 0 Å². The van der Waals surface area contributed by atoms with Crippen molar-refractivity contribution in [2.75, 3.05) is 49.2 Å². The zero-order valence-electron chi connectivity index (χ0n) is 23.4. The Morgan fingerprint density at radius 2 is 1.82 bits per heavy atom. The molecule has 2 aliphatic heterocycles. The summed E-state index contributed by atoms with van der Waals surface area (Å²) in [5, 5.41) is 14.5. The van der Waals surface area contributed by atoms with Crippen LogP contribution in [-0.2, 0) is 0 Å². The first kappa shape index (κ1) is 27.4. The molecule has 4 N–H and O–H groups in total. The van der Waals surface area contributed by atoms with Crippen molar-refractivity contribution >= 4 is 40.0 Å². The zero-order valence-corrected chi connectivity index (χ0v) is 23.4. The van der Waals surface area contributed by atoms with Gasteiger partial charge in [0.15, 0.2) is 11.5 Å². The molecule has 1 unspecified atom stereocenters. The van der Waals surface area contributed by atoms with E-state index in [1.54, 1.807) is 0 Å². The molecule has 2 aromatic carbocycles. The lowest BCUT2D eigenvalue weighted by atomic mass is 10.0. The second kappa shape index (κ2) is 11.2. The van der Waals surface area contributed by atoms with Crippen molar-refractivity contribution in [3.05, 3.63) is 47.7 Å². The summed E-state index contributed by atoms with van der Waals surface area (Å²) in [6.07, 6.45) is 1.14. The van der Waals surface area contributed by atoms with E-state index in [1.165, 1.54) is 4.90 Å². The number of piperazine rings is 1. The van der Waals surface area contributed by atoms with Gasteiger partial charge in [-0.2, -0.15) is 9.97 Å². The highest BCUT2D eigenvalue weighted by molar-refractivity contribution is 6.12. The van der Waals surface area contributed by atoms with Crippen LogP contribution >= 0.6 is 0 Å². The van der Waals surface area contributed by atoms with E-state index in [0.717, 1.165) is 35.7 Å². The average molecular weight is 548 g/mol. The first-order chi connectivity index (χ1) is 19.1. The monoisotopic (exact) mass is 547 g/mol. The number of carboxylic acid groups (broad SMARTS) is 1. The third-order valence-electron chi connectivity index (χ3n) is 7.99. The second-order valence-electron chi connectivity index (χ2n) is 10.9. The summed E-state index contributed by atoms with van der Waals surface area (Å²) in [7, 11) is 2.06. The zero-order chi connectivity index (χ0) is 28.6. The summed E-state index contributed by atoms with van der Waals surface area (Å²) in [4.78, 5) is 40.1. The number of anilines is 3. The number of fused-ring (bicyclic) bond motifs is 1. The molecule has 11 nitrogen and oxygen atoms in total. The van der Waals surface area contributed by atoms with E-state index in [4.69, 9.17) is 10.5 Å². The normalized spacial score (nSPS) is 21.6. The molecule has 0 aliphatic carbocycles. The number of likely N-dealkylation sites (tertiary alicyclic amines) is 1. The predicted molar refractivity (Wildman–Crippen MR) is 155 cm³/mol. The van der Waals surface area contributed by atoms with Crippen molar-refractivity contribution in [3.63, 3.8) is 0 Å². The number of likely N-dealkylation sites (N-methyl/N-ethyl adjacent to an activating group) is 1. The quantitative estimate of drug-likeness (QED) is 0.420. The number of aromatic nitrogens is 2. The van der Waals surface area contributed by atoms with E-state index in [-0.39, 0.29) is 48.6 Å². The number of nitrogens with one attached hydrogen (secondary N) is 1. The maximum Gasteiger partial charge on any atom is 0.407 e. The standard InChI is InChI=1S/C29H37N7O4/c1-17-8-5-9-20-10-6-12-22(23(17)20)31-27(37)25-24(30)26(36-18(2)14-35(29(38)39)15-19(36)3)33-28(32-25)40-16-21-11-7-13-34(21)4/h5-6,8-10,12,18-19,21H,7,11,13-16,30H2,1-4H3,(H,31,37)(H,38,39)/t18-,19-,21?/m0/s1. The molecule has 1 aromatic heterocycles. The number of benzene rings is 2. The minimum Gasteiger partial charge on any atom is -0.465 e. The summed E-state index contributed by atoms with van der Waals surface area (Å²) in [6, 6.07) is 11.6. The van der Waals surface area contributed by atoms with Crippen LogP contribution in [-0.4, -0.2) is 88.3 Å². The van der Waals surface area contributed by atoms with Crippen molar-refractivity contribution in [3.8, 4) is 6.01 Å². The molecular weight excluding hydrogens is 510 g/mol. The topological polar surface area (TPSA) is 137 Å². The van der Waals surface area contributed by atoms with Gasteiger partial charge in [0, 0.05) is 42.3 Å². The Morgan fingerprint density at radius 1 is 1.12 bits per heavy atom. The van der Waals surface area contributed by atoms with Gasteiger partial charge < -0.3 is 35.6 Å². The minimum atomic E-state index is -0.968. The van der Waals surface area contributed by atoms with Gasteiger partial charge in [-0.25, -0.2) is 4.79 Å². The van der Waals surface area contributed by atoms with Crippen LogP contribution in [0.1, 0.15) is 42.7 Å². The lowest BCUT2D eigenvalue weighted by Gasteiger charge is -2.44. The number of hydrogen-bond acceptors (Lipinski definition) is 8. The number of nitrogens with two attached hydrogens (primary N) is 1. The van der Waals surface area contributed by atoms with Gasteiger partial charge in [0.1, 0.15) is 12.3 Å². The van der Waals surface area contributed by atoms with Crippen LogP contribution in [0.15, 0.2) is 36.4 Å². The number of hydrogen-bond donors (Lipinski definition) is 3. The number of rotatable bonds is 6. The van der Waals surface area contributed by atoms with Crippen LogP contribution in [0.2, 0.25) is 0 Å². The Labute approximate surface area is 233 Å². The highest BCUT2D eigenvalue weighted by Crippen LogP contribution is 2.33. The van der Waals surface area contributed by atoms with E-state index < -0.39 is 12.0 Å². The smallest absolute Gasteiger partial charge is 0.407 e. The van der Waals surface area contributed by atoms with Crippen LogP contribution in [0.25, 0.3) is 10.8 Å². The van der Waals surface area contributed by atoms with E-state index in [9.17, 15) is 14.7 Å². The molecule has 0 saturated carbocycles. The number of aryl methyl sites for hydroxylation is 1. The number of carbonyl (C=O) groups excluding carboxylic acids is 1. The van der Waals surface area contributed by atoms with Gasteiger partial charge in [-0.3, -0.25) is 4.79 Å². The Hall–Kier alpha value is -4.12. The summed E-state index contributed by atoms with van der Waals surface area (Å²) in [5.41, 5.74) is 8.46. The molecule has 3 aromatic rings. The Kier molecular flexibility index (Phi) is 7.66. The molecule has 3 atom stereocenters. The fourth-order valence-corrected chi connectivity index (χ4v) is 5.94. The molecule has 2 amide bonds. The molecule has 2 fully saturated rings. The van der Waals surface area contributed by atoms with Crippen molar-refractivity contribution in [1.29, 1.82) is 0 Å². The largest absolute Gasteiger partial charge is 0.465 e. The van der Waals surface area contributed by atoms with Crippen LogP contribution in [0.3, 0.4) is 0 Å².